The van der Waals surface area contributed by atoms with Gasteiger partial charge in [-0.25, -0.2) is 13.8 Å². The van der Waals surface area contributed by atoms with E-state index in [9.17, 15) is 13.6 Å². The summed E-state index contributed by atoms with van der Waals surface area (Å²) in [5.74, 6) is -2.01. The third-order valence-corrected chi connectivity index (χ3v) is 6.89. The number of carbonyl (C=O) groups is 1. The summed E-state index contributed by atoms with van der Waals surface area (Å²) in [7, 11) is 0. The molecule has 33 heavy (non-hydrogen) atoms. The van der Waals surface area contributed by atoms with Crippen molar-refractivity contribution in [1.82, 2.24) is 29.9 Å². The fraction of sp³-hybridized carbons (Fsp3) is 0.545. The maximum atomic E-state index is 13.4. The van der Waals surface area contributed by atoms with Crippen LogP contribution in [0.4, 0.5) is 14.6 Å². The van der Waals surface area contributed by atoms with Crippen LogP contribution < -0.4 is 4.90 Å². The maximum absolute atomic E-state index is 13.4. The Morgan fingerprint density at radius 3 is 2.88 bits per heavy atom. The van der Waals surface area contributed by atoms with E-state index in [1.165, 1.54) is 0 Å². The molecule has 2 aliphatic heterocycles. The van der Waals surface area contributed by atoms with Gasteiger partial charge in [-0.2, -0.15) is 14.9 Å². The molecule has 1 amide bonds. The molecule has 0 spiro atoms. The molecule has 6 rings (SSSR count). The highest BCUT2D eigenvalue weighted by Gasteiger charge is 2.50. The molecule has 1 N–H and O–H groups in total. The number of aromatic amines is 1. The fourth-order valence-corrected chi connectivity index (χ4v) is 5.11. The molecule has 3 aromatic heterocycles. The average Bonchev–Trinajstić information content (AvgIpc) is 3.38. The highest BCUT2D eigenvalue weighted by Crippen LogP contribution is 2.44. The lowest BCUT2D eigenvalue weighted by Crippen LogP contribution is -2.47. The van der Waals surface area contributed by atoms with E-state index in [0.29, 0.717) is 50.7 Å². The van der Waals surface area contributed by atoms with E-state index in [1.807, 2.05) is 12.1 Å². The van der Waals surface area contributed by atoms with E-state index in [-0.39, 0.29) is 24.8 Å². The van der Waals surface area contributed by atoms with Gasteiger partial charge in [-0.3, -0.25) is 9.89 Å². The number of carbonyl (C=O) groups excluding carboxylic acids is 1. The van der Waals surface area contributed by atoms with Gasteiger partial charge in [0.15, 0.2) is 11.5 Å². The smallest absolute Gasteiger partial charge is 0.249 e. The molecule has 9 nitrogen and oxygen atoms in total. The third kappa shape index (κ3) is 3.45. The average molecular weight is 457 g/mol. The van der Waals surface area contributed by atoms with E-state index < -0.39 is 11.8 Å². The van der Waals surface area contributed by atoms with Crippen LogP contribution >= 0.6 is 0 Å². The molecule has 3 aromatic rings. The first-order valence-electron chi connectivity index (χ1n) is 11.3. The molecular weight excluding hydrogens is 432 g/mol. The summed E-state index contributed by atoms with van der Waals surface area (Å²) in [4.78, 5) is 21.9. The lowest BCUT2D eigenvalue weighted by Gasteiger charge is -2.37. The number of anilines is 1. The number of ether oxygens (including phenoxy) is 1. The second kappa shape index (κ2) is 7.47. The van der Waals surface area contributed by atoms with Crippen LogP contribution in [-0.2, 0) is 22.5 Å². The molecule has 0 unspecified atom stereocenters. The Labute approximate surface area is 188 Å². The molecule has 1 saturated heterocycles. The number of hydrogen-bond donors (Lipinski definition) is 1. The molecule has 1 aliphatic carbocycles. The van der Waals surface area contributed by atoms with Gasteiger partial charge in [0.1, 0.15) is 5.82 Å². The molecular formula is C22H25F2N7O2. The van der Waals surface area contributed by atoms with Crippen molar-refractivity contribution in [1.29, 1.82) is 0 Å². The number of nitrogens with zero attached hydrogens (tertiary/aromatic N) is 6. The van der Waals surface area contributed by atoms with Crippen LogP contribution in [0.1, 0.15) is 31.0 Å². The van der Waals surface area contributed by atoms with Gasteiger partial charge >= 0.3 is 0 Å². The van der Waals surface area contributed by atoms with Crippen molar-refractivity contribution in [3.63, 3.8) is 0 Å². The van der Waals surface area contributed by atoms with Crippen molar-refractivity contribution in [2.24, 2.45) is 5.92 Å². The topological polar surface area (TPSA) is 92.2 Å². The first-order valence-corrected chi connectivity index (χ1v) is 11.3. The van der Waals surface area contributed by atoms with Crippen molar-refractivity contribution in [2.45, 2.75) is 44.7 Å². The van der Waals surface area contributed by atoms with Crippen molar-refractivity contribution in [3.8, 4) is 5.82 Å². The van der Waals surface area contributed by atoms with Crippen LogP contribution in [0.5, 0.6) is 0 Å². The number of aromatic nitrogens is 5. The van der Waals surface area contributed by atoms with Gasteiger partial charge in [-0.1, -0.05) is 0 Å². The van der Waals surface area contributed by atoms with E-state index in [4.69, 9.17) is 14.8 Å². The minimum Gasteiger partial charge on any atom is -0.377 e. The third-order valence-electron chi connectivity index (χ3n) is 6.89. The van der Waals surface area contributed by atoms with Gasteiger partial charge < -0.3 is 14.5 Å². The molecule has 0 bridgehead atoms. The summed E-state index contributed by atoms with van der Waals surface area (Å²) < 4.78 is 34.2. The Morgan fingerprint density at radius 1 is 1.30 bits per heavy atom. The van der Waals surface area contributed by atoms with Crippen molar-refractivity contribution in [3.05, 3.63) is 29.6 Å². The molecule has 0 radical (unpaired) electrons. The summed E-state index contributed by atoms with van der Waals surface area (Å²) in [5, 5.41) is 12.7. The van der Waals surface area contributed by atoms with Gasteiger partial charge in [0, 0.05) is 56.3 Å². The summed E-state index contributed by atoms with van der Waals surface area (Å²) in [6, 6.07) is 4.01. The summed E-state index contributed by atoms with van der Waals surface area (Å²) in [6.07, 6.45) is 1.48. The fourth-order valence-electron chi connectivity index (χ4n) is 5.11. The Balaban J connectivity index is 1.43. The minimum absolute atomic E-state index is 0.152. The minimum atomic E-state index is -2.72. The summed E-state index contributed by atoms with van der Waals surface area (Å²) in [6.45, 7) is 4.82. The zero-order chi connectivity index (χ0) is 22.7. The molecule has 1 atom stereocenters. The number of pyridine rings is 1. The first kappa shape index (κ1) is 20.5. The monoisotopic (exact) mass is 457 g/mol. The van der Waals surface area contributed by atoms with Gasteiger partial charge in [0.05, 0.1) is 31.1 Å². The molecule has 0 aromatic carbocycles. The van der Waals surface area contributed by atoms with E-state index in [0.717, 1.165) is 22.5 Å². The van der Waals surface area contributed by atoms with Gasteiger partial charge in [-0.15, -0.1) is 0 Å². The lowest BCUT2D eigenvalue weighted by atomic mass is 9.80. The van der Waals surface area contributed by atoms with Crippen molar-refractivity contribution >= 4 is 22.8 Å². The second-order valence-corrected chi connectivity index (χ2v) is 9.23. The van der Waals surface area contributed by atoms with Gasteiger partial charge in [0.25, 0.3) is 0 Å². The van der Waals surface area contributed by atoms with Crippen LogP contribution in [0.2, 0.25) is 0 Å². The number of H-pyrrole nitrogens is 1. The van der Waals surface area contributed by atoms with E-state index in [2.05, 4.69) is 22.0 Å². The zero-order valence-electron chi connectivity index (χ0n) is 18.3. The predicted molar refractivity (Wildman–Crippen MR) is 115 cm³/mol. The van der Waals surface area contributed by atoms with E-state index in [1.54, 1.807) is 15.8 Å². The number of amides is 1. The Kier molecular flexibility index (Phi) is 4.65. The molecule has 5 heterocycles. The number of halogens is 2. The first-order chi connectivity index (χ1) is 15.9. The highest BCUT2D eigenvalue weighted by molar-refractivity contribution is 5.87. The predicted octanol–water partition coefficient (Wildman–Crippen LogP) is 2.30. The van der Waals surface area contributed by atoms with Crippen LogP contribution in [0.3, 0.4) is 0 Å². The van der Waals surface area contributed by atoms with E-state index >= 15 is 0 Å². The number of morpholine rings is 1. The number of alkyl halides is 2. The van der Waals surface area contributed by atoms with Crippen LogP contribution in [0.25, 0.3) is 16.9 Å². The van der Waals surface area contributed by atoms with Gasteiger partial charge in [0.2, 0.25) is 11.8 Å². The number of hydrogen-bond acceptors (Lipinski definition) is 6. The van der Waals surface area contributed by atoms with Crippen molar-refractivity contribution < 1.29 is 18.3 Å². The van der Waals surface area contributed by atoms with Crippen LogP contribution in [0, 0.1) is 5.92 Å². The maximum Gasteiger partial charge on any atom is 0.249 e. The number of nitrogens with one attached hydrogen (secondary N) is 1. The number of rotatable bonds is 3. The molecule has 1 saturated carbocycles. The Hall–Kier alpha value is -3.08. The van der Waals surface area contributed by atoms with Crippen LogP contribution in [0.15, 0.2) is 18.3 Å². The molecule has 11 heteroatoms. The highest BCUT2D eigenvalue weighted by atomic mass is 19.3. The molecule has 3 aliphatic rings. The van der Waals surface area contributed by atoms with Crippen molar-refractivity contribution in [2.75, 3.05) is 31.2 Å². The zero-order valence-corrected chi connectivity index (χ0v) is 18.3. The largest absolute Gasteiger partial charge is 0.377 e. The summed E-state index contributed by atoms with van der Waals surface area (Å²) >= 11 is 0. The SMILES string of the molecule is C[C@@H]1COCCN1c1cc2c3c(nn(-c4ccn[nH]4)c3n1)CCN(C(=O)C1CC(F)(F)C1)C2. The second-order valence-electron chi connectivity index (χ2n) is 9.23. The van der Waals surface area contributed by atoms with Gasteiger partial charge in [-0.05, 0) is 18.6 Å². The Bertz CT molecular complexity index is 1200. The quantitative estimate of drug-likeness (QED) is 0.649. The molecule has 174 valence electrons. The summed E-state index contributed by atoms with van der Waals surface area (Å²) in [5.41, 5.74) is 2.48. The van der Waals surface area contributed by atoms with Crippen LogP contribution in [-0.4, -0.2) is 74.0 Å². The lowest BCUT2D eigenvalue weighted by molar-refractivity contribution is -0.160. The standard InChI is InChI=1S/C22H25F2N7O2/c1-13-12-33-7-6-30(13)18-8-14-11-29(21(32)15-9-22(23,24)10-15)5-3-16-19(14)20(26-18)31(28-16)17-2-4-25-27-17/h2,4,8,13,15H,3,5-7,9-12H2,1H3,(H,25,27)/t13-/m1/s1. The Morgan fingerprint density at radius 2 is 2.15 bits per heavy atom. The molecule has 2 fully saturated rings. The normalized spacial score (nSPS) is 22.9.